The van der Waals surface area contributed by atoms with Crippen molar-refractivity contribution in [2.24, 2.45) is 9.98 Å². The van der Waals surface area contributed by atoms with Gasteiger partial charge in [-0.15, -0.1) is 0 Å². The number of pyridine rings is 1. The lowest BCUT2D eigenvalue weighted by atomic mass is 9.80. The standard InChI is InChI=1S/C29H28BrN7O3/c1-2-24(39)35-10-8-19-25-21(37(34-19)20-7-6-17(12-23(20)38)16-4-3-5-16)9-11-36(22(25)14-35)29(40)28-27-26(32-15-33-27)18(30)13-31-28/h2,6-7,12-13,16,22,38H,1,3-5,8-11,14-15H2. The monoisotopic (exact) mass is 601 g/mol. The van der Waals surface area contributed by atoms with Crippen molar-refractivity contribution in [3.05, 3.63) is 80.4 Å². The van der Waals surface area contributed by atoms with E-state index < -0.39 is 6.04 Å². The Morgan fingerprint density at radius 2 is 1.95 bits per heavy atom. The minimum atomic E-state index is -0.428. The molecule has 0 radical (unpaired) electrons. The number of phenols is 1. The molecule has 1 aliphatic carbocycles. The number of aromatic hydroxyl groups is 1. The average molecular weight is 602 g/mol. The summed E-state index contributed by atoms with van der Waals surface area (Å²) < 4.78 is 2.54. The number of nitrogens with zero attached hydrogens (tertiary/aromatic N) is 7. The number of fused-ring (bicyclic) bond motifs is 1. The number of carbonyl (C=O) groups excluding carboxylic acids is 2. The molecule has 5 heterocycles. The zero-order valence-corrected chi connectivity index (χ0v) is 23.5. The fourth-order valence-electron chi connectivity index (χ4n) is 6.32. The largest absolute Gasteiger partial charge is 0.506 e. The molecule has 1 aromatic carbocycles. The Labute approximate surface area is 238 Å². The van der Waals surface area contributed by atoms with Crippen molar-refractivity contribution in [3.63, 3.8) is 0 Å². The summed E-state index contributed by atoms with van der Waals surface area (Å²) in [5.41, 5.74) is 4.78. The molecule has 0 saturated heterocycles. The topological polar surface area (TPSA) is 116 Å². The molecule has 11 heteroatoms. The second-order valence-electron chi connectivity index (χ2n) is 10.7. The van der Waals surface area contributed by atoms with E-state index in [1.165, 1.54) is 12.5 Å². The third kappa shape index (κ3) is 3.89. The number of aromatic nitrogens is 3. The Bertz CT molecular complexity index is 1710. The molecule has 40 heavy (non-hydrogen) atoms. The maximum atomic E-state index is 14.1. The Morgan fingerprint density at radius 1 is 1.12 bits per heavy atom. The first-order valence-corrected chi connectivity index (χ1v) is 14.4. The molecule has 1 atom stereocenters. The van der Waals surface area contributed by atoms with Gasteiger partial charge in [0.25, 0.3) is 5.91 Å². The van der Waals surface area contributed by atoms with E-state index in [-0.39, 0.29) is 29.9 Å². The summed E-state index contributed by atoms with van der Waals surface area (Å²) in [6, 6.07) is 5.48. The van der Waals surface area contributed by atoms with Gasteiger partial charge in [-0.05, 0) is 58.5 Å². The van der Waals surface area contributed by atoms with Crippen molar-refractivity contribution >= 4 is 27.7 Å². The number of amides is 2. The van der Waals surface area contributed by atoms with Crippen molar-refractivity contribution < 1.29 is 14.7 Å². The predicted octanol–water partition coefficient (Wildman–Crippen LogP) is 2.52. The van der Waals surface area contributed by atoms with Gasteiger partial charge in [-0.1, -0.05) is 19.1 Å². The Balaban J connectivity index is 1.32. The highest BCUT2D eigenvalue weighted by atomic mass is 79.9. The van der Waals surface area contributed by atoms with Gasteiger partial charge in [-0.25, -0.2) is 9.67 Å². The zero-order chi connectivity index (χ0) is 27.5. The number of phenolic OH excluding ortho intramolecular Hbond substituents is 1. The van der Waals surface area contributed by atoms with Crippen LogP contribution in [0.3, 0.4) is 0 Å². The van der Waals surface area contributed by atoms with Gasteiger partial charge in [0.15, 0.2) is 5.69 Å². The van der Waals surface area contributed by atoms with Crippen molar-refractivity contribution in [3.8, 4) is 11.4 Å². The fraction of sp³-hybridized carbons (Fsp3) is 0.379. The number of hydrogen-bond donors (Lipinski definition) is 1. The summed E-state index contributed by atoms with van der Waals surface area (Å²) in [4.78, 5) is 43.6. The second kappa shape index (κ2) is 9.65. The third-order valence-electron chi connectivity index (χ3n) is 8.60. The Kier molecular flexibility index (Phi) is 6.06. The van der Waals surface area contributed by atoms with Crippen LogP contribution in [0.5, 0.6) is 5.75 Å². The van der Waals surface area contributed by atoms with Crippen molar-refractivity contribution in [1.82, 2.24) is 24.6 Å². The van der Waals surface area contributed by atoms with Crippen molar-refractivity contribution in [2.75, 3.05) is 26.3 Å². The molecule has 2 amide bonds. The molecule has 2 aromatic heterocycles. The van der Waals surface area contributed by atoms with Crippen molar-refractivity contribution in [2.45, 2.75) is 44.1 Å². The molecule has 3 aliphatic heterocycles. The number of carbonyl (C=O) groups is 2. The van der Waals surface area contributed by atoms with Crippen LogP contribution in [-0.4, -0.2) is 67.8 Å². The summed E-state index contributed by atoms with van der Waals surface area (Å²) in [7, 11) is 0. The highest BCUT2D eigenvalue weighted by Crippen LogP contribution is 2.41. The van der Waals surface area contributed by atoms with E-state index in [9.17, 15) is 14.7 Å². The normalized spacial score (nSPS) is 19.6. The summed E-state index contributed by atoms with van der Waals surface area (Å²) >= 11 is 3.46. The maximum absolute atomic E-state index is 14.1. The smallest absolute Gasteiger partial charge is 0.275 e. The SMILES string of the molecule is C=CC(=O)N1CCc2nn(-c3ccc(C4CCC4)cc3O)c3c2C(C1)N(C(=O)c1ncc(Br)c2c1=NCN=2)CC3. The average Bonchev–Trinajstić information content (AvgIpc) is 3.51. The molecule has 1 fully saturated rings. The van der Waals surface area contributed by atoms with E-state index in [0.717, 1.165) is 35.4 Å². The lowest BCUT2D eigenvalue weighted by molar-refractivity contribution is -0.126. The predicted molar refractivity (Wildman–Crippen MR) is 149 cm³/mol. The van der Waals surface area contributed by atoms with Gasteiger partial charge in [0, 0.05) is 44.2 Å². The lowest BCUT2D eigenvalue weighted by Crippen LogP contribution is -2.48. The van der Waals surface area contributed by atoms with Crippen LogP contribution in [0, 0.1) is 0 Å². The summed E-state index contributed by atoms with van der Waals surface area (Å²) in [6.07, 6.45) is 7.52. The van der Waals surface area contributed by atoms with Gasteiger partial charge in [-0.2, -0.15) is 5.10 Å². The maximum Gasteiger partial charge on any atom is 0.275 e. The molecule has 0 bridgehead atoms. The van der Waals surface area contributed by atoms with Gasteiger partial charge in [0.1, 0.15) is 28.8 Å². The van der Waals surface area contributed by atoms with Crippen LogP contribution in [0.25, 0.3) is 5.69 Å². The van der Waals surface area contributed by atoms with Crippen LogP contribution in [0.2, 0.25) is 0 Å². The van der Waals surface area contributed by atoms with Gasteiger partial charge in [0.05, 0.1) is 21.9 Å². The molecule has 7 rings (SSSR count). The fourth-order valence-corrected chi connectivity index (χ4v) is 6.73. The molecular formula is C29H28BrN7O3. The van der Waals surface area contributed by atoms with Gasteiger partial charge in [-0.3, -0.25) is 19.6 Å². The highest BCUT2D eigenvalue weighted by Gasteiger charge is 2.41. The van der Waals surface area contributed by atoms with Gasteiger partial charge < -0.3 is 14.9 Å². The molecule has 3 aromatic rings. The molecule has 1 unspecified atom stereocenters. The molecule has 1 N–H and O–H groups in total. The van der Waals surface area contributed by atoms with Crippen LogP contribution in [0.4, 0.5) is 0 Å². The molecule has 0 spiro atoms. The molecule has 4 aliphatic rings. The van der Waals surface area contributed by atoms with Crippen LogP contribution in [0.1, 0.15) is 64.2 Å². The minimum Gasteiger partial charge on any atom is -0.506 e. The summed E-state index contributed by atoms with van der Waals surface area (Å²) in [5.74, 6) is 0.285. The Hall–Kier alpha value is -3.86. The van der Waals surface area contributed by atoms with E-state index in [1.54, 1.807) is 16.0 Å². The van der Waals surface area contributed by atoms with E-state index >= 15 is 0 Å². The number of halogens is 1. The quantitative estimate of drug-likeness (QED) is 0.461. The molecule has 1 saturated carbocycles. The van der Waals surface area contributed by atoms with E-state index in [2.05, 4.69) is 43.5 Å². The summed E-state index contributed by atoms with van der Waals surface area (Å²) in [5, 5.41) is 17.2. The first kappa shape index (κ1) is 25.1. The van der Waals surface area contributed by atoms with E-state index in [0.29, 0.717) is 59.3 Å². The van der Waals surface area contributed by atoms with Gasteiger partial charge >= 0.3 is 0 Å². The first-order chi connectivity index (χ1) is 19.4. The number of benzene rings is 1. The first-order valence-electron chi connectivity index (χ1n) is 13.6. The molecule has 10 nitrogen and oxygen atoms in total. The van der Waals surface area contributed by atoms with Crippen LogP contribution >= 0.6 is 15.9 Å². The van der Waals surface area contributed by atoms with Gasteiger partial charge in [0.2, 0.25) is 5.91 Å². The van der Waals surface area contributed by atoms with Crippen molar-refractivity contribution in [1.29, 1.82) is 0 Å². The van der Waals surface area contributed by atoms with E-state index in [1.807, 2.05) is 16.8 Å². The minimum absolute atomic E-state index is 0.182. The Morgan fingerprint density at radius 3 is 2.70 bits per heavy atom. The number of hydrogen-bond acceptors (Lipinski definition) is 7. The van der Waals surface area contributed by atoms with E-state index in [4.69, 9.17) is 5.10 Å². The van der Waals surface area contributed by atoms with Crippen LogP contribution < -0.4 is 10.7 Å². The second-order valence-corrected chi connectivity index (χ2v) is 11.6. The lowest BCUT2D eigenvalue weighted by Gasteiger charge is -2.37. The van der Waals surface area contributed by atoms with Crippen LogP contribution in [-0.2, 0) is 17.6 Å². The summed E-state index contributed by atoms with van der Waals surface area (Å²) in [6.45, 7) is 5.11. The molecular weight excluding hydrogens is 574 g/mol. The number of rotatable bonds is 4. The highest BCUT2D eigenvalue weighted by molar-refractivity contribution is 9.10. The van der Waals surface area contributed by atoms with Crippen LogP contribution in [0.15, 0.2) is 51.5 Å². The molecule has 204 valence electrons. The third-order valence-corrected chi connectivity index (χ3v) is 9.18. The zero-order valence-electron chi connectivity index (χ0n) is 21.9.